The molecule has 2 atom stereocenters. The number of anilines is 2. The van der Waals surface area contributed by atoms with Gasteiger partial charge in [-0.05, 0) is 104 Å². The van der Waals surface area contributed by atoms with Gasteiger partial charge in [-0.1, -0.05) is 77.0 Å². The molecule has 0 aliphatic carbocycles. The number of carboxylic acid groups (broad SMARTS) is 2. The fraction of sp³-hybridized carbons (Fsp3) is 0.375. The molecule has 368 valence electrons. The standard InChI is InChI=1S/C48H46F12N2O6/c1-7-11-21-42(5,9-3)38(63)34-22-26(12-16-32(34)40(65)66)44(47(55,56)57,48(58,59)60)27-13-17-33(41(67)68)35(23-27)39(64)61-28-14-18-30(36(24-28)45(49,50)51)31-19-15-29(25-37(31)46(52,53)54)62-43(6,10-4)20-8-2/h8,12-20,22-25,62H,7,9-11,21H2,1-6H3,(H,61,64)(H,65,66)(H,67,68)/b20-8-. The van der Waals surface area contributed by atoms with Crippen LogP contribution in [0.1, 0.15) is 137 Å². The monoisotopic (exact) mass is 974 g/mol. The minimum atomic E-state index is -6.45. The van der Waals surface area contributed by atoms with E-state index in [1.54, 1.807) is 39.8 Å². The van der Waals surface area contributed by atoms with Crippen LogP contribution in [0.25, 0.3) is 11.1 Å². The fourth-order valence-corrected chi connectivity index (χ4v) is 7.96. The van der Waals surface area contributed by atoms with Gasteiger partial charge in [0.1, 0.15) is 0 Å². The first-order valence-corrected chi connectivity index (χ1v) is 20.9. The zero-order valence-corrected chi connectivity index (χ0v) is 37.2. The molecule has 0 bridgehead atoms. The fourth-order valence-electron chi connectivity index (χ4n) is 7.96. The number of ketones is 1. The van der Waals surface area contributed by atoms with Crippen LogP contribution in [0, 0.1) is 5.41 Å². The largest absolute Gasteiger partial charge is 0.478 e. The summed E-state index contributed by atoms with van der Waals surface area (Å²) in [6.07, 6.45) is -18.9. The van der Waals surface area contributed by atoms with Gasteiger partial charge in [0, 0.05) is 22.4 Å². The van der Waals surface area contributed by atoms with E-state index in [1.165, 1.54) is 13.8 Å². The molecule has 0 heterocycles. The average Bonchev–Trinajstić information content (AvgIpc) is 3.23. The number of amides is 1. The molecule has 0 radical (unpaired) electrons. The molecule has 0 saturated carbocycles. The molecule has 0 aliphatic heterocycles. The average molecular weight is 975 g/mol. The Morgan fingerprint density at radius 1 is 0.588 bits per heavy atom. The van der Waals surface area contributed by atoms with Gasteiger partial charge in [-0.3, -0.25) is 9.59 Å². The Morgan fingerprint density at radius 3 is 1.46 bits per heavy atom. The van der Waals surface area contributed by atoms with E-state index < -0.39 is 126 Å². The summed E-state index contributed by atoms with van der Waals surface area (Å²) < 4.78 is 181. The molecule has 1 amide bonds. The van der Waals surface area contributed by atoms with Gasteiger partial charge in [0.05, 0.1) is 33.4 Å². The highest BCUT2D eigenvalue weighted by molar-refractivity contribution is 6.11. The van der Waals surface area contributed by atoms with Crippen molar-refractivity contribution in [2.75, 3.05) is 10.6 Å². The first-order chi connectivity index (χ1) is 31.3. The zero-order chi connectivity index (χ0) is 51.6. The van der Waals surface area contributed by atoms with Crippen LogP contribution in [0.4, 0.5) is 64.1 Å². The van der Waals surface area contributed by atoms with Crippen LogP contribution in [-0.4, -0.2) is 51.7 Å². The predicted molar refractivity (Wildman–Crippen MR) is 229 cm³/mol. The maximum Gasteiger partial charge on any atom is 0.417 e. The van der Waals surface area contributed by atoms with Gasteiger partial charge < -0.3 is 20.8 Å². The van der Waals surface area contributed by atoms with Gasteiger partial charge in [0.15, 0.2) is 5.78 Å². The quantitative estimate of drug-likeness (QED) is 0.0470. The van der Waals surface area contributed by atoms with Gasteiger partial charge in [0.2, 0.25) is 5.41 Å². The van der Waals surface area contributed by atoms with Crippen LogP contribution < -0.4 is 10.6 Å². The highest BCUT2D eigenvalue weighted by Crippen LogP contribution is 2.57. The third kappa shape index (κ3) is 10.8. The number of hydrogen-bond donors (Lipinski definition) is 4. The molecule has 0 spiro atoms. The summed E-state index contributed by atoms with van der Waals surface area (Å²) in [6, 6.07) is 4.69. The highest BCUT2D eigenvalue weighted by atomic mass is 19.4. The number of unbranched alkanes of at least 4 members (excludes halogenated alkanes) is 1. The maximum absolute atomic E-state index is 15.5. The lowest BCUT2D eigenvalue weighted by atomic mass is 9.70. The highest BCUT2D eigenvalue weighted by Gasteiger charge is 2.73. The lowest BCUT2D eigenvalue weighted by Crippen LogP contribution is -2.55. The number of allylic oxidation sites excluding steroid dienone is 1. The molecule has 8 nitrogen and oxygen atoms in total. The number of carboxylic acids is 2. The SMILES string of the molecule is C/C=C\C(C)(CC)Nc1ccc(-c2ccc(NC(=O)c3cc(C(c4ccc(C(=O)O)c(C(=O)C(C)(CC)CCCC)c4)(C(F)(F)F)C(F)(F)F)ccc3C(=O)O)cc2C(F)(F)F)c(C(F)(F)F)c1. The lowest BCUT2D eigenvalue weighted by Gasteiger charge is -2.39. The molecule has 4 N–H and O–H groups in total. The second-order valence-electron chi connectivity index (χ2n) is 16.6. The summed E-state index contributed by atoms with van der Waals surface area (Å²) in [5, 5.41) is 24.5. The normalized spacial score (nSPS) is 14.6. The summed E-state index contributed by atoms with van der Waals surface area (Å²) in [4.78, 5) is 52.3. The molecule has 0 saturated heterocycles. The first kappa shape index (κ1) is 54.3. The summed E-state index contributed by atoms with van der Waals surface area (Å²) in [5.41, 5.74) is -22.1. The summed E-state index contributed by atoms with van der Waals surface area (Å²) in [6.45, 7) is 9.70. The third-order valence-electron chi connectivity index (χ3n) is 12.0. The molecule has 4 rings (SSSR count). The second kappa shape index (κ2) is 19.7. The summed E-state index contributed by atoms with van der Waals surface area (Å²) >= 11 is 0. The number of benzene rings is 4. The van der Waals surface area contributed by atoms with Crippen LogP contribution in [0.3, 0.4) is 0 Å². The van der Waals surface area contributed by atoms with Gasteiger partial charge in [-0.25, -0.2) is 9.59 Å². The number of rotatable bonds is 17. The maximum atomic E-state index is 15.5. The number of carbonyl (C=O) groups is 4. The number of hydrogen-bond acceptors (Lipinski definition) is 5. The van der Waals surface area contributed by atoms with E-state index in [1.807, 2.05) is 5.32 Å². The first-order valence-electron chi connectivity index (χ1n) is 20.9. The predicted octanol–water partition coefficient (Wildman–Crippen LogP) is 14.4. The van der Waals surface area contributed by atoms with Crippen molar-refractivity contribution in [2.24, 2.45) is 5.41 Å². The van der Waals surface area contributed by atoms with E-state index in [0.717, 1.165) is 12.1 Å². The Hall–Kier alpha value is -6.34. The van der Waals surface area contributed by atoms with Gasteiger partial charge in [0.25, 0.3) is 5.91 Å². The van der Waals surface area contributed by atoms with Crippen molar-refractivity contribution in [3.05, 3.63) is 129 Å². The number of aromatic carboxylic acids is 2. The van der Waals surface area contributed by atoms with Crippen LogP contribution in [0.5, 0.6) is 0 Å². The Bertz CT molecular complexity index is 2580. The third-order valence-corrected chi connectivity index (χ3v) is 12.0. The summed E-state index contributed by atoms with van der Waals surface area (Å²) in [5.74, 6) is -6.90. The van der Waals surface area contributed by atoms with Crippen LogP contribution >= 0.6 is 0 Å². The molecule has 4 aromatic rings. The molecule has 68 heavy (non-hydrogen) atoms. The van der Waals surface area contributed by atoms with Gasteiger partial charge in [-0.2, -0.15) is 52.7 Å². The van der Waals surface area contributed by atoms with Crippen molar-refractivity contribution in [1.29, 1.82) is 0 Å². The van der Waals surface area contributed by atoms with Crippen LogP contribution in [-0.2, 0) is 17.8 Å². The lowest BCUT2D eigenvalue weighted by molar-refractivity contribution is -0.288. The Kier molecular flexibility index (Phi) is 15.7. The van der Waals surface area contributed by atoms with Crippen molar-refractivity contribution in [3.8, 4) is 11.1 Å². The van der Waals surface area contributed by atoms with Gasteiger partial charge in [-0.15, -0.1) is 0 Å². The van der Waals surface area contributed by atoms with Crippen molar-refractivity contribution in [3.63, 3.8) is 0 Å². The van der Waals surface area contributed by atoms with E-state index in [4.69, 9.17) is 0 Å². The van der Waals surface area contributed by atoms with Crippen molar-refractivity contribution in [1.82, 2.24) is 0 Å². The zero-order valence-electron chi connectivity index (χ0n) is 37.2. The number of nitrogens with one attached hydrogen (secondary N) is 2. The number of carbonyl (C=O) groups excluding carboxylic acids is 2. The van der Waals surface area contributed by atoms with Crippen LogP contribution in [0.15, 0.2) is 84.9 Å². The Morgan fingerprint density at radius 2 is 1.04 bits per heavy atom. The van der Waals surface area contributed by atoms with E-state index in [-0.39, 0.29) is 54.9 Å². The van der Waals surface area contributed by atoms with E-state index in [9.17, 15) is 55.7 Å². The number of halogens is 12. The molecule has 20 heteroatoms. The topological polar surface area (TPSA) is 133 Å². The summed E-state index contributed by atoms with van der Waals surface area (Å²) in [7, 11) is 0. The molecule has 4 aromatic carbocycles. The van der Waals surface area contributed by atoms with E-state index in [2.05, 4.69) is 5.32 Å². The van der Waals surface area contributed by atoms with Crippen molar-refractivity contribution in [2.45, 2.75) is 109 Å². The van der Waals surface area contributed by atoms with E-state index >= 15 is 26.3 Å². The molecule has 0 fully saturated rings. The minimum absolute atomic E-state index is 0.00339. The Labute approximate surface area is 382 Å². The van der Waals surface area contributed by atoms with Crippen LogP contribution in [0.2, 0.25) is 0 Å². The molecular formula is C48H46F12N2O6. The molecule has 0 aromatic heterocycles. The van der Waals surface area contributed by atoms with E-state index in [0.29, 0.717) is 43.5 Å². The van der Waals surface area contributed by atoms with Crippen molar-refractivity contribution < 1.29 is 82.1 Å². The number of Topliss-reactive ketones (excluding diaryl/α,β-unsaturated/α-hetero) is 1. The Balaban J connectivity index is 1.96. The van der Waals surface area contributed by atoms with Crippen molar-refractivity contribution >= 4 is 35.0 Å². The molecule has 2 unspecified atom stereocenters. The van der Waals surface area contributed by atoms with Gasteiger partial charge >= 0.3 is 36.6 Å². The minimum Gasteiger partial charge on any atom is -0.478 e. The number of alkyl halides is 12. The second-order valence-corrected chi connectivity index (χ2v) is 16.6. The smallest absolute Gasteiger partial charge is 0.417 e. The molecule has 0 aliphatic rings. The molecular weight excluding hydrogens is 929 g/mol.